The van der Waals surface area contributed by atoms with Crippen LogP contribution in [0.4, 0.5) is 0 Å². The van der Waals surface area contributed by atoms with Crippen LogP contribution in [0, 0.1) is 5.92 Å². The fourth-order valence-corrected chi connectivity index (χ4v) is 2.13. The van der Waals surface area contributed by atoms with Crippen molar-refractivity contribution < 1.29 is 0 Å². The van der Waals surface area contributed by atoms with Crippen LogP contribution >= 0.6 is 15.9 Å². The van der Waals surface area contributed by atoms with Gasteiger partial charge in [0.1, 0.15) is 0 Å². The second-order valence-corrected chi connectivity index (χ2v) is 4.17. The molecule has 0 aromatic heterocycles. The van der Waals surface area contributed by atoms with Crippen LogP contribution in [-0.2, 0) is 0 Å². The topological polar surface area (TPSA) is 3.24 Å². The summed E-state index contributed by atoms with van der Waals surface area (Å²) in [6.07, 6.45) is 4.20. The van der Waals surface area contributed by atoms with Crippen molar-refractivity contribution in [1.29, 1.82) is 0 Å². The van der Waals surface area contributed by atoms with Crippen LogP contribution in [0.3, 0.4) is 0 Å². The summed E-state index contributed by atoms with van der Waals surface area (Å²) < 4.78 is 0. The smallest absolute Gasteiger partial charge is 0.00314 e. The lowest BCUT2D eigenvalue weighted by atomic mass is 10.0. The van der Waals surface area contributed by atoms with Crippen LogP contribution in [-0.4, -0.2) is 29.9 Å². The summed E-state index contributed by atoms with van der Waals surface area (Å²) in [5.74, 6) is 0.993. The highest BCUT2D eigenvalue weighted by Gasteiger charge is 2.19. The Bertz CT molecular complexity index is 106. The van der Waals surface area contributed by atoms with Crippen molar-refractivity contribution >= 4 is 15.9 Å². The van der Waals surface area contributed by atoms with Gasteiger partial charge in [-0.3, -0.25) is 0 Å². The minimum absolute atomic E-state index is 0.993. The van der Waals surface area contributed by atoms with E-state index in [4.69, 9.17) is 0 Å². The number of hydrogen-bond donors (Lipinski definition) is 0. The summed E-state index contributed by atoms with van der Waals surface area (Å²) in [5.41, 5.74) is 0. The van der Waals surface area contributed by atoms with Crippen molar-refractivity contribution in [2.75, 3.05) is 25.0 Å². The van der Waals surface area contributed by atoms with Gasteiger partial charge in [0.2, 0.25) is 0 Å². The Morgan fingerprint density at radius 3 is 2.91 bits per heavy atom. The first-order valence-electron chi connectivity index (χ1n) is 4.65. The van der Waals surface area contributed by atoms with Crippen LogP contribution in [0.25, 0.3) is 0 Å². The molecule has 0 N–H and O–H groups in total. The number of rotatable bonds is 4. The number of likely N-dealkylation sites (tertiary alicyclic amines) is 1. The third-order valence-corrected chi connectivity index (χ3v) is 3.12. The van der Waals surface area contributed by atoms with E-state index in [1.807, 2.05) is 0 Å². The molecule has 0 saturated carbocycles. The minimum atomic E-state index is 0.993. The van der Waals surface area contributed by atoms with E-state index in [9.17, 15) is 0 Å². The zero-order chi connectivity index (χ0) is 8.10. The maximum atomic E-state index is 3.48. The molecule has 66 valence electrons. The number of nitrogens with zero attached hydrogens (tertiary/aromatic N) is 1. The molecule has 1 heterocycles. The predicted molar refractivity (Wildman–Crippen MR) is 53.2 cm³/mol. The molecule has 0 radical (unpaired) electrons. The Kier molecular flexibility index (Phi) is 4.46. The molecular formula is C9H18BrN. The van der Waals surface area contributed by atoms with E-state index < -0.39 is 0 Å². The Morgan fingerprint density at radius 1 is 1.55 bits per heavy atom. The molecule has 0 spiro atoms. The lowest BCUT2D eigenvalue weighted by Gasteiger charge is -2.12. The average molecular weight is 220 g/mol. The standard InChI is InChI=1S/C9H18BrN/c1-2-11-7-5-9(8-11)4-3-6-10/h9H,2-8H2,1H3. The minimum Gasteiger partial charge on any atom is -0.303 e. The molecule has 1 aliphatic rings. The van der Waals surface area contributed by atoms with Gasteiger partial charge < -0.3 is 4.90 Å². The summed E-state index contributed by atoms with van der Waals surface area (Å²) in [4.78, 5) is 2.55. The molecule has 0 aromatic carbocycles. The van der Waals surface area contributed by atoms with Crippen molar-refractivity contribution in [3.8, 4) is 0 Å². The second-order valence-electron chi connectivity index (χ2n) is 3.38. The first kappa shape index (κ1) is 9.53. The maximum Gasteiger partial charge on any atom is 0.00314 e. The highest BCUT2D eigenvalue weighted by atomic mass is 79.9. The Hall–Kier alpha value is 0.440. The van der Waals surface area contributed by atoms with E-state index in [2.05, 4.69) is 27.8 Å². The summed E-state index contributed by atoms with van der Waals surface area (Å²) >= 11 is 3.48. The van der Waals surface area contributed by atoms with Crippen molar-refractivity contribution in [3.05, 3.63) is 0 Å². The molecule has 1 aliphatic heterocycles. The Labute approximate surface area is 78.3 Å². The molecule has 1 atom stereocenters. The van der Waals surface area contributed by atoms with Gasteiger partial charge in [-0.1, -0.05) is 22.9 Å². The maximum absolute atomic E-state index is 3.48. The molecule has 11 heavy (non-hydrogen) atoms. The quantitative estimate of drug-likeness (QED) is 0.658. The summed E-state index contributed by atoms with van der Waals surface area (Å²) in [5, 5.41) is 1.18. The van der Waals surface area contributed by atoms with Gasteiger partial charge in [0.25, 0.3) is 0 Å². The molecule has 0 aromatic rings. The molecular weight excluding hydrogens is 202 g/mol. The van der Waals surface area contributed by atoms with E-state index in [1.54, 1.807) is 0 Å². The van der Waals surface area contributed by atoms with Gasteiger partial charge >= 0.3 is 0 Å². The summed E-state index contributed by atoms with van der Waals surface area (Å²) in [6.45, 7) is 6.19. The van der Waals surface area contributed by atoms with E-state index in [1.165, 1.54) is 44.2 Å². The third kappa shape index (κ3) is 3.12. The molecule has 1 unspecified atom stereocenters. The van der Waals surface area contributed by atoms with Gasteiger partial charge in [-0.2, -0.15) is 0 Å². The van der Waals surface area contributed by atoms with Gasteiger partial charge in [-0.05, 0) is 38.3 Å². The summed E-state index contributed by atoms with van der Waals surface area (Å²) in [7, 11) is 0. The van der Waals surface area contributed by atoms with Gasteiger partial charge in [-0.15, -0.1) is 0 Å². The monoisotopic (exact) mass is 219 g/mol. The van der Waals surface area contributed by atoms with Crippen molar-refractivity contribution in [1.82, 2.24) is 4.90 Å². The van der Waals surface area contributed by atoms with Gasteiger partial charge in [0.05, 0.1) is 0 Å². The molecule has 1 rings (SSSR count). The molecule has 0 bridgehead atoms. The lowest BCUT2D eigenvalue weighted by Crippen LogP contribution is -2.19. The highest BCUT2D eigenvalue weighted by Crippen LogP contribution is 2.20. The first-order valence-corrected chi connectivity index (χ1v) is 5.77. The predicted octanol–water partition coefficient (Wildman–Crippen LogP) is 2.50. The Morgan fingerprint density at radius 2 is 2.36 bits per heavy atom. The number of hydrogen-bond acceptors (Lipinski definition) is 1. The van der Waals surface area contributed by atoms with Gasteiger partial charge in [0, 0.05) is 11.9 Å². The van der Waals surface area contributed by atoms with Gasteiger partial charge in [0.15, 0.2) is 0 Å². The van der Waals surface area contributed by atoms with E-state index >= 15 is 0 Å². The van der Waals surface area contributed by atoms with Crippen LogP contribution in [0.15, 0.2) is 0 Å². The summed E-state index contributed by atoms with van der Waals surface area (Å²) in [6, 6.07) is 0. The lowest BCUT2D eigenvalue weighted by molar-refractivity contribution is 0.338. The molecule has 1 fully saturated rings. The molecule has 1 saturated heterocycles. The Balaban J connectivity index is 2.09. The van der Waals surface area contributed by atoms with Crippen molar-refractivity contribution in [3.63, 3.8) is 0 Å². The van der Waals surface area contributed by atoms with Crippen LogP contribution < -0.4 is 0 Å². The van der Waals surface area contributed by atoms with E-state index in [0.717, 1.165) is 5.92 Å². The normalized spacial score (nSPS) is 26.2. The first-order chi connectivity index (χ1) is 5.36. The molecule has 0 amide bonds. The van der Waals surface area contributed by atoms with Crippen LogP contribution in [0.2, 0.25) is 0 Å². The fourth-order valence-electron chi connectivity index (χ4n) is 1.80. The largest absolute Gasteiger partial charge is 0.303 e. The molecule has 0 aliphatic carbocycles. The third-order valence-electron chi connectivity index (χ3n) is 2.56. The van der Waals surface area contributed by atoms with E-state index in [0.29, 0.717) is 0 Å². The average Bonchev–Trinajstić information content (AvgIpc) is 2.48. The second kappa shape index (κ2) is 5.15. The van der Waals surface area contributed by atoms with Crippen LogP contribution in [0.1, 0.15) is 26.2 Å². The zero-order valence-electron chi connectivity index (χ0n) is 7.35. The highest BCUT2D eigenvalue weighted by molar-refractivity contribution is 9.09. The van der Waals surface area contributed by atoms with Crippen molar-refractivity contribution in [2.24, 2.45) is 5.92 Å². The SMILES string of the molecule is CCN1CCC(CCCBr)C1. The fraction of sp³-hybridized carbons (Fsp3) is 1.00. The van der Waals surface area contributed by atoms with Gasteiger partial charge in [-0.25, -0.2) is 0 Å². The molecule has 2 heteroatoms. The number of halogens is 1. The van der Waals surface area contributed by atoms with E-state index in [-0.39, 0.29) is 0 Å². The zero-order valence-corrected chi connectivity index (χ0v) is 8.94. The van der Waals surface area contributed by atoms with Crippen molar-refractivity contribution in [2.45, 2.75) is 26.2 Å². The number of alkyl halides is 1. The molecule has 1 nitrogen and oxygen atoms in total. The van der Waals surface area contributed by atoms with Crippen LogP contribution in [0.5, 0.6) is 0 Å².